The first-order chi connectivity index (χ1) is 21.9. The Morgan fingerprint density at radius 2 is 1.08 bits per heavy atom. The third-order valence-electron chi connectivity index (χ3n) is 6.95. The number of fused-ring (bicyclic) bond motifs is 1. The molecule has 1 aliphatic rings. The summed E-state index contributed by atoms with van der Waals surface area (Å²) in [7, 11) is -7.68. The third-order valence-corrected chi connectivity index (χ3v) is 10.4. The Kier molecular flexibility index (Phi) is 12.2. The standard InChI is InChI=1S/C18H23OS.C8HF17O3S/c1-2-3-12-19-17-10-11-18(20-13-6-7-14-20)16-9-5-4-8-15(16)17;9-1(10,3(13,14)5(17,18)7(21,22)23)2(11,12)4(15,16)6(19,20)8(24,25)29(26,27)28/h4-5,8-11H,2-3,6-7,12-14H2,1H3;(H,26,27,28)/q+1;/p-1. The van der Waals surface area contributed by atoms with E-state index in [4.69, 9.17) is 4.74 Å². The number of alkyl halides is 17. The van der Waals surface area contributed by atoms with Crippen LogP contribution in [-0.2, 0) is 21.0 Å². The van der Waals surface area contributed by atoms with Gasteiger partial charge in [0.15, 0.2) is 15.0 Å². The summed E-state index contributed by atoms with van der Waals surface area (Å²) < 4.78 is 250. The number of hydrogen-bond donors (Lipinski definition) is 0. The number of hydrogen-bond acceptors (Lipinski definition) is 4. The Morgan fingerprint density at radius 1 is 0.653 bits per heavy atom. The van der Waals surface area contributed by atoms with Gasteiger partial charge in [0.2, 0.25) is 0 Å². The van der Waals surface area contributed by atoms with E-state index in [-0.39, 0.29) is 0 Å². The second kappa shape index (κ2) is 13.9. The molecule has 3 rings (SSSR count). The van der Waals surface area contributed by atoms with E-state index in [1.165, 1.54) is 41.5 Å². The second-order valence-electron chi connectivity index (χ2n) is 10.3. The Balaban J connectivity index is 0.000000360. The van der Waals surface area contributed by atoms with E-state index in [2.05, 4.69) is 43.3 Å². The molecule has 1 heterocycles. The lowest BCUT2D eigenvalue weighted by Crippen LogP contribution is -2.75. The van der Waals surface area contributed by atoms with E-state index in [0.717, 1.165) is 18.8 Å². The molecule has 0 unspecified atom stereocenters. The number of unbranched alkanes of at least 4 members (excludes halogenated alkanes) is 1. The zero-order valence-corrected chi connectivity index (χ0v) is 25.9. The summed E-state index contributed by atoms with van der Waals surface area (Å²) in [6.45, 7) is 3.03. The molecular formula is C26H23F17O4S2. The molecule has 0 amide bonds. The molecule has 0 aromatic heterocycles. The SMILES string of the molecule is CCCCOc1ccc([S+]2CCCC2)c2ccccc12.O=S(=O)([O-])C(F)(F)C(F)(F)C(F)(F)C(F)(F)C(F)(F)C(F)(F)C(F)(F)C(F)(F)F. The molecule has 1 saturated heterocycles. The van der Waals surface area contributed by atoms with Crippen molar-refractivity contribution >= 4 is 31.8 Å². The number of benzene rings is 2. The van der Waals surface area contributed by atoms with E-state index in [0.29, 0.717) is 10.9 Å². The molecule has 0 aliphatic carbocycles. The van der Waals surface area contributed by atoms with Crippen LogP contribution in [0.3, 0.4) is 0 Å². The van der Waals surface area contributed by atoms with Crippen molar-refractivity contribution in [1.82, 2.24) is 0 Å². The van der Waals surface area contributed by atoms with Crippen molar-refractivity contribution in [2.24, 2.45) is 0 Å². The van der Waals surface area contributed by atoms with Crippen LogP contribution >= 0.6 is 0 Å². The summed E-state index contributed by atoms with van der Waals surface area (Å²) in [5.74, 6) is -48.3. The van der Waals surface area contributed by atoms with Crippen LogP contribution in [0.1, 0.15) is 32.6 Å². The maximum atomic E-state index is 13.0. The molecule has 0 N–H and O–H groups in total. The lowest BCUT2D eigenvalue weighted by Gasteiger charge is -2.42. The fraction of sp³-hybridized carbons (Fsp3) is 0.615. The molecule has 0 bridgehead atoms. The maximum absolute atomic E-state index is 13.0. The molecule has 0 atom stereocenters. The summed E-state index contributed by atoms with van der Waals surface area (Å²) in [4.78, 5) is 1.56. The highest BCUT2D eigenvalue weighted by Gasteiger charge is 2.95. The van der Waals surface area contributed by atoms with Crippen LogP contribution < -0.4 is 4.74 Å². The number of halogens is 17. The van der Waals surface area contributed by atoms with E-state index in [1.807, 2.05) is 0 Å². The van der Waals surface area contributed by atoms with Crippen molar-refractivity contribution in [2.45, 2.75) is 84.5 Å². The van der Waals surface area contributed by atoms with Gasteiger partial charge in [0.25, 0.3) is 0 Å². The first kappa shape index (κ1) is 42.7. The third kappa shape index (κ3) is 7.21. The predicted molar refractivity (Wildman–Crippen MR) is 139 cm³/mol. The molecule has 0 saturated carbocycles. The zero-order chi connectivity index (χ0) is 38.3. The quantitative estimate of drug-likeness (QED) is 0.0932. The first-order valence-electron chi connectivity index (χ1n) is 13.4. The van der Waals surface area contributed by atoms with Gasteiger partial charge in [0, 0.05) is 21.7 Å². The smallest absolute Gasteiger partial charge is 0.460 e. The summed E-state index contributed by atoms with van der Waals surface area (Å²) in [6.07, 6.45) is -2.80. The average molecular weight is 787 g/mol. The van der Waals surface area contributed by atoms with Crippen LogP contribution in [0, 0.1) is 0 Å². The average Bonchev–Trinajstić information content (AvgIpc) is 3.51. The number of ether oxygens (including phenoxy) is 1. The minimum absolute atomic E-state index is 0.464. The van der Waals surface area contributed by atoms with Crippen molar-refractivity contribution < 1.29 is 92.3 Å². The Morgan fingerprint density at radius 3 is 1.51 bits per heavy atom. The Labute approximate surface area is 269 Å². The van der Waals surface area contributed by atoms with Crippen LogP contribution in [0.25, 0.3) is 10.8 Å². The van der Waals surface area contributed by atoms with Gasteiger partial charge in [-0.3, -0.25) is 0 Å². The van der Waals surface area contributed by atoms with Gasteiger partial charge in [-0.2, -0.15) is 74.6 Å². The van der Waals surface area contributed by atoms with Gasteiger partial charge in [0.05, 0.1) is 6.61 Å². The molecule has 49 heavy (non-hydrogen) atoms. The molecule has 0 radical (unpaired) electrons. The molecule has 0 spiro atoms. The summed E-state index contributed by atoms with van der Waals surface area (Å²) in [5.41, 5.74) is 0. The minimum atomic E-state index is -8.92. The monoisotopic (exact) mass is 786 g/mol. The zero-order valence-electron chi connectivity index (χ0n) is 24.3. The largest absolute Gasteiger partial charge is 0.743 e. The Hall–Kier alpha value is -2.43. The van der Waals surface area contributed by atoms with Crippen LogP contribution in [0.5, 0.6) is 5.75 Å². The van der Waals surface area contributed by atoms with Crippen molar-refractivity contribution in [1.29, 1.82) is 0 Å². The van der Waals surface area contributed by atoms with E-state index in [9.17, 15) is 87.6 Å². The first-order valence-corrected chi connectivity index (χ1v) is 16.4. The fourth-order valence-electron chi connectivity index (χ4n) is 4.13. The van der Waals surface area contributed by atoms with E-state index >= 15 is 0 Å². The highest BCUT2D eigenvalue weighted by molar-refractivity contribution is 7.97. The molecular weight excluding hydrogens is 763 g/mol. The lowest BCUT2D eigenvalue weighted by atomic mass is 9.91. The van der Waals surface area contributed by atoms with Gasteiger partial charge in [-0.1, -0.05) is 31.5 Å². The normalized spacial score (nSPS) is 16.5. The molecule has 282 valence electrons. The highest BCUT2D eigenvalue weighted by atomic mass is 32.2. The molecule has 1 fully saturated rings. The van der Waals surface area contributed by atoms with Gasteiger partial charge < -0.3 is 9.29 Å². The van der Waals surface area contributed by atoms with Crippen molar-refractivity contribution in [3.8, 4) is 5.75 Å². The maximum Gasteiger partial charge on any atom is 0.460 e. The molecule has 23 heteroatoms. The van der Waals surface area contributed by atoms with Gasteiger partial charge in [0.1, 0.15) is 17.3 Å². The van der Waals surface area contributed by atoms with Crippen molar-refractivity contribution in [2.75, 3.05) is 18.1 Å². The number of rotatable bonds is 12. The van der Waals surface area contributed by atoms with Crippen molar-refractivity contribution in [3.63, 3.8) is 0 Å². The highest BCUT2D eigenvalue weighted by Crippen LogP contribution is 2.64. The minimum Gasteiger partial charge on any atom is -0.743 e. The molecule has 2 aromatic rings. The van der Waals surface area contributed by atoms with Crippen LogP contribution in [0.4, 0.5) is 74.6 Å². The summed E-state index contributed by atoms with van der Waals surface area (Å²) >= 11 is 0. The summed E-state index contributed by atoms with van der Waals surface area (Å²) in [5, 5.41) is -5.25. The van der Waals surface area contributed by atoms with Gasteiger partial charge in [-0.25, -0.2) is 8.42 Å². The van der Waals surface area contributed by atoms with Crippen LogP contribution in [-0.4, -0.2) is 78.0 Å². The fourth-order valence-corrected chi connectivity index (χ4v) is 7.07. The second-order valence-corrected chi connectivity index (χ2v) is 14.0. The topological polar surface area (TPSA) is 66.4 Å². The van der Waals surface area contributed by atoms with Gasteiger partial charge >= 0.3 is 47.0 Å². The summed E-state index contributed by atoms with van der Waals surface area (Å²) in [6, 6.07) is 13.3. The lowest BCUT2D eigenvalue weighted by molar-refractivity contribution is -0.458. The van der Waals surface area contributed by atoms with Crippen LogP contribution in [0.15, 0.2) is 41.3 Å². The predicted octanol–water partition coefficient (Wildman–Crippen LogP) is 9.29. The van der Waals surface area contributed by atoms with Crippen LogP contribution in [0.2, 0.25) is 0 Å². The van der Waals surface area contributed by atoms with E-state index in [1.54, 1.807) is 4.90 Å². The van der Waals surface area contributed by atoms with Crippen molar-refractivity contribution in [3.05, 3.63) is 36.4 Å². The van der Waals surface area contributed by atoms with Gasteiger partial charge in [-0.05, 0) is 37.5 Å². The van der Waals surface area contributed by atoms with E-state index < -0.39 is 57.1 Å². The molecule has 1 aliphatic heterocycles. The van der Waals surface area contributed by atoms with Gasteiger partial charge in [-0.15, -0.1) is 0 Å². The molecule has 4 nitrogen and oxygen atoms in total. The Bertz CT molecular complexity index is 1550. The molecule has 2 aromatic carbocycles.